The molecule has 31 heavy (non-hydrogen) atoms. The van der Waals surface area contributed by atoms with Crippen molar-refractivity contribution in [3.05, 3.63) is 89.0 Å². The highest BCUT2D eigenvalue weighted by atomic mass is 32.2. The summed E-state index contributed by atoms with van der Waals surface area (Å²) in [4.78, 5) is 22.6. The van der Waals surface area contributed by atoms with Gasteiger partial charge in [-0.2, -0.15) is 0 Å². The number of hydrogen-bond donors (Lipinski definition) is 1. The van der Waals surface area contributed by atoms with Crippen molar-refractivity contribution in [2.24, 2.45) is 0 Å². The van der Waals surface area contributed by atoms with Crippen LogP contribution in [0.15, 0.2) is 88.7 Å². The molecule has 0 bridgehead atoms. The molecule has 160 valence electrons. The van der Waals surface area contributed by atoms with Crippen molar-refractivity contribution < 1.29 is 22.9 Å². The topological polar surface area (TPSA) is 116 Å². The predicted octanol–water partition coefficient (Wildman–Crippen LogP) is 4.22. The molecule has 0 radical (unpaired) electrons. The Morgan fingerprint density at radius 1 is 0.968 bits per heavy atom. The molecule has 1 atom stereocenters. The number of nitro groups is 1. The molecule has 0 aliphatic rings. The van der Waals surface area contributed by atoms with Gasteiger partial charge in [0.05, 0.1) is 14.7 Å². The second-order valence-electron chi connectivity index (χ2n) is 6.60. The summed E-state index contributed by atoms with van der Waals surface area (Å²) >= 11 is 0. The van der Waals surface area contributed by atoms with Gasteiger partial charge in [-0.15, -0.1) is 0 Å². The lowest BCUT2D eigenvalue weighted by atomic mass is 10.2. The number of nitrogens with one attached hydrogen (secondary N) is 1. The maximum atomic E-state index is 12.7. The lowest BCUT2D eigenvalue weighted by molar-refractivity contribution is -0.384. The minimum atomic E-state index is -3.85. The van der Waals surface area contributed by atoms with Gasteiger partial charge in [-0.1, -0.05) is 25.1 Å². The minimum absolute atomic E-state index is 0.00642. The third-order valence-electron chi connectivity index (χ3n) is 4.47. The zero-order valence-electron chi connectivity index (χ0n) is 16.6. The molecule has 1 amide bonds. The smallest absolute Gasteiger partial charge is 0.269 e. The van der Waals surface area contributed by atoms with Crippen LogP contribution in [-0.4, -0.2) is 25.4 Å². The molecule has 8 nitrogen and oxygen atoms in total. The Bertz CT molecular complexity index is 1160. The van der Waals surface area contributed by atoms with E-state index in [9.17, 15) is 23.3 Å². The van der Waals surface area contributed by atoms with Gasteiger partial charge in [0.1, 0.15) is 5.75 Å². The number of ether oxygens (including phenoxy) is 1. The highest BCUT2D eigenvalue weighted by Crippen LogP contribution is 2.24. The number of carbonyl (C=O) groups is 1. The van der Waals surface area contributed by atoms with Crippen LogP contribution in [0.1, 0.15) is 13.3 Å². The van der Waals surface area contributed by atoms with Crippen molar-refractivity contribution in [1.29, 1.82) is 0 Å². The Morgan fingerprint density at radius 2 is 1.52 bits per heavy atom. The molecule has 3 rings (SSSR count). The normalized spacial score (nSPS) is 12.0. The Hall–Kier alpha value is -3.72. The highest BCUT2D eigenvalue weighted by Gasteiger charge is 2.21. The average Bonchev–Trinajstić information content (AvgIpc) is 2.78. The van der Waals surface area contributed by atoms with Gasteiger partial charge in [-0.3, -0.25) is 14.9 Å². The number of nitrogens with zero attached hydrogens (tertiary/aromatic N) is 1. The summed E-state index contributed by atoms with van der Waals surface area (Å²) in [6.07, 6.45) is -0.251. The van der Waals surface area contributed by atoms with Crippen molar-refractivity contribution in [3.8, 4) is 5.75 Å². The van der Waals surface area contributed by atoms with E-state index in [0.717, 1.165) is 12.1 Å². The summed E-state index contributed by atoms with van der Waals surface area (Å²) in [6.45, 7) is 1.83. The van der Waals surface area contributed by atoms with Gasteiger partial charge < -0.3 is 10.1 Å². The van der Waals surface area contributed by atoms with Gasteiger partial charge in [-0.25, -0.2) is 8.42 Å². The number of para-hydroxylation sites is 1. The Kier molecular flexibility index (Phi) is 6.66. The largest absolute Gasteiger partial charge is 0.481 e. The SMILES string of the molecule is CC[C@H](Oc1ccccc1)C(=O)Nc1ccc(S(=O)(=O)c2ccc([N+](=O)[O-])cc2)cc1. The third kappa shape index (κ3) is 5.26. The quantitative estimate of drug-likeness (QED) is 0.414. The number of carbonyl (C=O) groups excluding carboxylic acids is 1. The van der Waals surface area contributed by atoms with Gasteiger partial charge in [0.2, 0.25) is 9.84 Å². The Balaban J connectivity index is 1.71. The standard InChI is InChI=1S/C22H20N2O6S/c1-2-21(30-18-6-4-3-5-7-18)22(25)23-16-8-12-19(13-9-16)31(28,29)20-14-10-17(11-15-20)24(26)27/h3-15,21H,2H2,1H3,(H,23,25)/t21-/m0/s1. The molecule has 9 heteroatoms. The summed E-state index contributed by atoms with van der Waals surface area (Å²) in [7, 11) is -3.85. The van der Waals surface area contributed by atoms with E-state index in [0.29, 0.717) is 17.9 Å². The van der Waals surface area contributed by atoms with Gasteiger partial charge >= 0.3 is 0 Å². The van der Waals surface area contributed by atoms with Crippen molar-refractivity contribution in [3.63, 3.8) is 0 Å². The number of amides is 1. The number of non-ortho nitro benzene ring substituents is 1. The highest BCUT2D eigenvalue weighted by molar-refractivity contribution is 7.91. The van der Waals surface area contributed by atoms with Crippen LogP contribution in [-0.2, 0) is 14.6 Å². The fourth-order valence-corrected chi connectivity index (χ4v) is 4.07. The third-order valence-corrected chi connectivity index (χ3v) is 6.26. The first-order chi connectivity index (χ1) is 14.8. The number of sulfone groups is 1. The van der Waals surface area contributed by atoms with E-state index in [1.54, 1.807) is 12.1 Å². The number of benzene rings is 3. The zero-order chi connectivity index (χ0) is 22.4. The van der Waals surface area contributed by atoms with Crippen LogP contribution in [0.25, 0.3) is 0 Å². The average molecular weight is 440 g/mol. The van der Waals surface area contributed by atoms with Gasteiger partial charge in [0.25, 0.3) is 11.6 Å². The van der Waals surface area contributed by atoms with Crippen LogP contribution in [0, 0.1) is 10.1 Å². The van der Waals surface area contributed by atoms with Crippen LogP contribution >= 0.6 is 0 Å². The number of hydrogen-bond acceptors (Lipinski definition) is 6. The molecule has 3 aromatic carbocycles. The van der Waals surface area contributed by atoms with Crippen LogP contribution in [0.4, 0.5) is 11.4 Å². The van der Waals surface area contributed by atoms with E-state index in [-0.39, 0.29) is 21.4 Å². The molecule has 1 N–H and O–H groups in total. The first-order valence-corrected chi connectivity index (χ1v) is 10.9. The fraction of sp³-hybridized carbons (Fsp3) is 0.136. The first kappa shape index (κ1) is 22.0. The lowest BCUT2D eigenvalue weighted by Gasteiger charge is -2.17. The maximum Gasteiger partial charge on any atom is 0.269 e. The number of rotatable bonds is 8. The van der Waals surface area contributed by atoms with Crippen molar-refractivity contribution in [2.75, 3.05) is 5.32 Å². The molecule has 0 fully saturated rings. The van der Waals surface area contributed by atoms with Gasteiger partial charge in [0.15, 0.2) is 6.10 Å². The maximum absolute atomic E-state index is 12.7. The van der Waals surface area contributed by atoms with Gasteiger partial charge in [-0.05, 0) is 55.0 Å². The molecule has 3 aromatic rings. The molecule has 0 saturated carbocycles. The Morgan fingerprint density at radius 3 is 2.03 bits per heavy atom. The van der Waals surface area contributed by atoms with E-state index in [4.69, 9.17) is 4.74 Å². The number of nitro benzene ring substituents is 1. The lowest BCUT2D eigenvalue weighted by Crippen LogP contribution is -2.32. The molecular weight excluding hydrogens is 420 g/mol. The first-order valence-electron chi connectivity index (χ1n) is 9.43. The molecule has 0 unspecified atom stereocenters. The summed E-state index contributed by atoms with van der Waals surface area (Å²) in [5.41, 5.74) is 0.225. The summed E-state index contributed by atoms with van der Waals surface area (Å²) in [5.74, 6) is 0.228. The summed E-state index contributed by atoms with van der Waals surface area (Å²) in [6, 6.07) is 19.3. The second-order valence-corrected chi connectivity index (χ2v) is 8.55. The molecule has 0 aromatic heterocycles. The number of anilines is 1. The molecule has 0 aliphatic heterocycles. The van der Waals surface area contributed by atoms with Crippen molar-refractivity contribution >= 4 is 27.1 Å². The summed E-state index contributed by atoms with van der Waals surface area (Å²) in [5, 5.41) is 13.5. The van der Waals surface area contributed by atoms with Crippen LogP contribution in [0.2, 0.25) is 0 Å². The van der Waals surface area contributed by atoms with E-state index in [1.807, 2.05) is 25.1 Å². The van der Waals surface area contributed by atoms with E-state index >= 15 is 0 Å². The van der Waals surface area contributed by atoms with Crippen molar-refractivity contribution in [2.45, 2.75) is 29.2 Å². The zero-order valence-corrected chi connectivity index (χ0v) is 17.4. The van der Waals surface area contributed by atoms with Crippen LogP contribution < -0.4 is 10.1 Å². The molecule has 0 aliphatic carbocycles. The minimum Gasteiger partial charge on any atom is -0.481 e. The van der Waals surface area contributed by atoms with E-state index in [2.05, 4.69) is 5.32 Å². The Labute approximate surface area is 179 Å². The van der Waals surface area contributed by atoms with E-state index in [1.165, 1.54) is 36.4 Å². The summed E-state index contributed by atoms with van der Waals surface area (Å²) < 4.78 is 31.2. The molecular formula is C22H20N2O6S. The molecule has 0 saturated heterocycles. The van der Waals surface area contributed by atoms with Crippen molar-refractivity contribution in [1.82, 2.24) is 0 Å². The van der Waals surface area contributed by atoms with Crippen LogP contribution in [0.5, 0.6) is 5.75 Å². The van der Waals surface area contributed by atoms with Crippen LogP contribution in [0.3, 0.4) is 0 Å². The monoisotopic (exact) mass is 440 g/mol. The predicted molar refractivity (Wildman–Crippen MR) is 115 cm³/mol. The van der Waals surface area contributed by atoms with E-state index < -0.39 is 20.9 Å². The fourth-order valence-electron chi connectivity index (χ4n) is 2.81. The molecule has 0 heterocycles. The van der Waals surface area contributed by atoms with Gasteiger partial charge in [0, 0.05) is 17.8 Å². The second kappa shape index (κ2) is 9.40. The molecule has 0 spiro atoms.